The van der Waals surface area contributed by atoms with Gasteiger partial charge in [-0.25, -0.2) is 15.0 Å². The van der Waals surface area contributed by atoms with Gasteiger partial charge in [-0.3, -0.25) is 0 Å². The van der Waals surface area contributed by atoms with Crippen molar-refractivity contribution in [2.75, 3.05) is 0 Å². The van der Waals surface area contributed by atoms with Crippen LogP contribution in [0.3, 0.4) is 0 Å². The molecule has 3 aromatic heterocycles. The Labute approximate surface area is 276 Å². The van der Waals surface area contributed by atoms with Crippen LogP contribution in [0.5, 0.6) is 0 Å². The molecule has 0 saturated carbocycles. The fourth-order valence-corrected chi connectivity index (χ4v) is 7.31. The number of hydrogen-bond donors (Lipinski definition) is 0. The summed E-state index contributed by atoms with van der Waals surface area (Å²) in [6.45, 7) is 0. The second kappa shape index (κ2) is 10.7. The Morgan fingerprint density at radius 2 is 1.27 bits per heavy atom. The van der Waals surface area contributed by atoms with E-state index >= 15 is 0 Å². The van der Waals surface area contributed by atoms with Gasteiger partial charge in [-0.05, 0) is 78.8 Å². The molecule has 0 amide bonds. The van der Waals surface area contributed by atoms with E-state index in [1.807, 2.05) is 54.6 Å². The molecule has 5 aromatic carbocycles. The molecule has 0 atom stereocenters. The Bertz CT molecular complexity index is 2620. The number of rotatable bonds is 4. The summed E-state index contributed by atoms with van der Waals surface area (Å²) in [4.78, 5) is 15.3. The van der Waals surface area contributed by atoms with Crippen LogP contribution in [0, 0.1) is 0 Å². The molecule has 228 valence electrons. The van der Waals surface area contributed by atoms with Crippen molar-refractivity contribution in [3.63, 3.8) is 0 Å². The number of furan rings is 2. The normalized spacial score (nSPS) is 13.8. The molecule has 0 radical (unpaired) electrons. The number of nitrogens with zero attached hydrogens (tertiary/aromatic N) is 3. The topological polar surface area (TPSA) is 65.0 Å². The van der Waals surface area contributed by atoms with E-state index in [0.29, 0.717) is 17.5 Å². The zero-order chi connectivity index (χ0) is 31.6. The van der Waals surface area contributed by atoms with Crippen LogP contribution in [-0.2, 0) is 12.8 Å². The lowest BCUT2D eigenvalue weighted by Gasteiger charge is -2.14. The number of para-hydroxylation sites is 1. The number of aromatic nitrogens is 3. The van der Waals surface area contributed by atoms with Gasteiger partial charge in [0.05, 0.1) is 0 Å². The average Bonchev–Trinajstić information content (AvgIpc) is 3.73. The summed E-state index contributed by atoms with van der Waals surface area (Å²) < 4.78 is 13.0. The van der Waals surface area contributed by atoms with Crippen LogP contribution in [0.25, 0.3) is 90.4 Å². The van der Waals surface area contributed by atoms with Gasteiger partial charge >= 0.3 is 0 Å². The standard InChI is InChI=1S/C43H29N3O2/c1-2-11-27(12-3-1)41-44-42(30-20-21-33-32-14-6-8-16-36(32)47-38(33)25-30)46-43(45-41)35-23-22-31(29-19-18-26-10-4-5-13-28(26)24-29)40-39(35)34-15-7-9-17-37(34)48-40/h1-4,6,8-12,14,16-25H,5,7,13,15H2. The SMILES string of the molecule is C1=Cc2ccc(-c3ccc(-c4nc(-c5ccccc5)nc(-c5ccc6c(c5)oc5ccccc56)n4)c4c5c(oc34)C=CCC5)cc2CC1. The van der Waals surface area contributed by atoms with E-state index in [1.165, 1.54) is 16.7 Å². The summed E-state index contributed by atoms with van der Waals surface area (Å²) in [6, 6.07) is 35.6. The fraction of sp³-hybridized carbons (Fsp3) is 0.0930. The Hall–Kier alpha value is -6.07. The highest BCUT2D eigenvalue weighted by Gasteiger charge is 2.24. The largest absolute Gasteiger partial charge is 0.456 e. The molecular weight excluding hydrogens is 590 g/mol. The molecule has 0 spiro atoms. The first kappa shape index (κ1) is 27.1. The molecule has 8 aromatic rings. The zero-order valence-electron chi connectivity index (χ0n) is 26.1. The summed E-state index contributed by atoms with van der Waals surface area (Å²) in [6.07, 6.45) is 12.8. The number of hydrogen-bond acceptors (Lipinski definition) is 5. The highest BCUT2D eigenvalue weighted by atomic mass is 16.3. The molecule has 0 N–H and O–H groups in total. The van der Waals surface area contributed by atoms with Crippen LogP contribution < -0.4 is 0 Å². The van der Waals surface area contributed by atoms with Gasteiger partial charge in [-0.15, -0.1) is 0 Å². The fourth-order valence-electron chi connectivity index (χ4n) is 7.31. The van der Waals surface area contributed by atoms with Crippen LogP contribution in [0.1, 0.15) is 35.3 Å². The van der Waals surface area contributed by atoms with Crippen molar-refractivity contribution in [3.05, 3.63) is 138 Å². The Kier molecular flexibility index (Phi) is 6.06. The quantitative estimate of drug-likeness (QED) is 0.196. The first-order chi connectivity index (χ1) is 23.8. The predicted molar refractivity (Wildman–Crippen MR) is 193 cm³/mol. The molecule has 0 saturated heterocycles. The maximum absolute atomic E-state index is 6.70. The Morgan fingerprint density at radius 3 is 2.21 bits per heavy atom. The third kappa shape index (κ3) is 4.35. The molecule has 0 aliphatic heterocycles. The Morgan fingerprint density at radius 1 is 0.521 bits per heavy atom. The summed E-state index contributed by atoms with van der Waals surface area (Å²) in [5.41, 5.74) is 11.4. The van der Waals surface area contributed by atoms with Crippen LogP contribution in [0.15, 0.2) is 124 Å². The first-order valence-corrected chi connectivity index (χ1v) is 16.6. The second-order valence-electron chi connectivity index (χ2n) is 12.6. The summed E-state index contributed by atoms with van der Waals surface area (Å²) in [5.74, 6) is 2.75. The van der Waals surface area contributed by atoms with E-state index in [-0.39, 0.29) is 0 Å². The molecule has 48 heavy (non-hydrogen) atoms. The molecule has 2 aliphatic rings. The van der Waals surface area contributed by atoms with Crippen LogP contribution in [-0.4, -0.2) is 15.0 Å². The minimum Gasteiger partial charge on any atom is -0.456 e. The molecule has 0 bridgehead atoms. The molecule has 10 rings (SSSR count). The number of benzene rings is 5. The average molecular weight is 620 g/mol. The molecule has 5 heteroatoms. The van der Waals surface area contributed by atoms with E-state index in [2.05, 4.69) is 72.8 Å². The number of allylic oxidation sites excluding steroid dienone is 2. The molecular formula is C43H29N3O2. The van der Waals surface area contributed by atoms with Crippen molar-refractivity contribution < 1.29 is 8.83 Å². The smallest absolute Gasteiger partial charge is 0.164 e. The second-order valence-corrected chi connectivity index (χ2v) is 12.6. The monoisotopic (exact) mass is 619 g/mol. The van der Waals surface area contributed by atoms with Gasteiger partial charge in [-0.1, -0.05) is 91.0 Å². The van der Waals surface area contributed by atoms with Crippen molar-refractivity contribution in [1.29, 1.82) is 0 Å². The van der Waals surface area contributed by atoms with Gasteiger partial charge < -0.3 is 8.83 Å². The predicted octanol–water partition coefficient (Wildman–Crippen LogP) is 11.1. The number of fused-ring (bicyclic) bond motifs is 7. The third-order valence-electron chi connectivity index (χ3n) is 9.68. The molecule has 2 aliphatic carbocycles. The minimum atomic E-state index is 0.596. The minimum absolute atomic E-state index is 0.596. The lowest BCUT2D eigenvalue weighted by atomic mass is 9.91. The van der Waals surface area contributed by atoms with Gasteiger partial charge in [-0.2, -0.15) is 0 Å². The van der Waals surface area contributed by atoms with Crippen molar-refractivity contribution >= 4 is 45.1 Å². The lowest BCUT2D eigenvalue weighted by molar-refractivity contribution is 0.596. The molecule has 5 nitrogen and oxygen atoms in total. The Balaban J connectivity index is 1.20. The maximum Gasteiger partial charge on any atom is 0.164 e. The third-order valence-corrected chi connectivity index (χ3v) is 9.68. The van der Waals surface area contributed by atoms with E-state index in [1.54, 1.807) is 0 Å². The molecule has 0 fully saturated rings. The summed E-state index contributed by atoms with van der Waals surface area (Å²) in [7, 11) is 0. The van der Waals surface area contributed by atoms with Gasteiger partial charge in [0, 0.05) is 44.0 Å². The highest BCUT2D eigenvalue weighted by molar-refractivity contribution is 6.06. The molecule has 3 heterocycles. The van der Waals surface area contributed by atoms with E-state index in [9.17, 15) is 0 Å². The summed E-state index contributed by atoms with van der Waals surface area (Å²) >= 11 is 0. The van der Waals surface area contributed by atoms with Crippen molar-refractivity contribution in [2.45, 2.75) is 25.7 Å². The zero-order valence-corrected chi connectivity index (χ0v) is 26.1. The van der Waals surface area contributed by atoms with Gasteiger partial charge in [0.1, 0.15) is 22.5 Å². The van der Waals surface area contributed by atoms with Gasteiger partial charge in [0.2, 0.25) is 0 Å². The van der Waals surface area contributed by atoms with Crippen molar-refractivity contribution in [1.82, 2.24) is 15.0 Å². The van der Waals surface area contributed by atoms with E-state index in [4.69, 9.17) is 23.8 Å². The van der Waals surface area contributed by atoms with E-state index in [0.717, 1.165) is 92.2 Å². The van der Waals surface area contributed by atoms with Gasteiger partial charge in [0.25, 0.3) is 0 Å². The molecule has 0 unspecified atom stereocenters. The van der Waals surface area contributed by atoms with Crippen LogP contribution >= 0.6 is 0 Å². The first-order valence-electron chi connectivity index (χ1n) is 16.6. The highest BCUT2D eigenvalue weighted by Crippen LogP contribution is 2.43. The van der Waals surface area contributed by atoms with Crippen molar-refractivity contribution in [2.24, 2.45) is 0 Å². The van der Waals surface area contributed by atoms with Crippen LogP contribution in [0.4, 0.5) is 0 Å². The van der Waals surface area contributed by atoms with Crippen molar-refractivity contribution in [3.8, 4) is 45.3 Å². The van der Waals surface area contributed by atoms with Crippen LogP contribution in [0.2, 0.25) is 0 Å². The van der Waals surface area contributed by atoms with E-state index < -0.39 is 0 Å². The number of aryl methyl sites for hydroxylation is 2. The maximum atomic E-state index is 6.70. The van der Waals surface area contributed by atoms with Gasteiger partial charge in [0.15, 0.2) is 17.5 Å². The lowest BCUT2D eigenvalue weighted by Crippen LogP contribution is -2.01. The summed E-state index contributed by atoms with van der Waals surface area (Å²) in [5, 5.41) is 3.24.